The first-order valence-corrected chi connectivity index (χ1v) is 7.48. The monoisotopic (exact) mass is 278 g/mol. The van der Waals surface area contributed by atoms with Crippen LogP contribution < -0.4 is 4.87 Å². The van der Waals surface area contributed by atoms with Crippen molar-refractivity contribution in [2.24, 2.45) is 0 Å². The van der Waals surface area contributed by atoms with E-state index in [1.165, 1.54) is 4.31 Å². The summed E-state index contributed by atoms with van der Waals surface area (Å²) in [5, 5.41) is 0. The molecule has 1 N–H and O–H groups in total. The third-order valence-corrected chi connectivity index (χ3v) is 6.01. The lowest BCUT2D eigenvalue weighted by Crippen LogP contribution is -2.44. The Bertz CT molecular complexity index is 560. The largest absolute Gasteiger partial charge is 0.376 e. The molecule has 1 aromatic heterocycles. The van der Waals surface area contributed by atoms with Gasteiger partial charge in [0, 0.05) is 18.8 Å². The SMILES string of the molecule is Cc1[nH]c(=O)sc1S(=O)(=O)N1CCOC(C)C1. The first-order valence-electron chi connectivity index (χ1n) is 5.22. The van der Waals surface area contributed by atoms with Gasteiger partial charge in [0.2, 0.25) is 0 Å². The Morgan fingerprint density at radius 3 is 2.76 bits per heavy atom. The summed E-state index contributed by atoms with van der Waals surface area (Å²) in [4.78, 5) is 13.3. The maximum Gasteiger partial charge on any atom is 0.305 e. The van der Waals surface area contributed by atoms with Crippen molar-refractivity contribution in [2.45, 2.75) is 24.2 Å². The Kier molecular flexibility index (Phi) is 3.39. The van der Waals surface area contributed by atoms with Crippen LogP contribution in [-0.4, -0.2) is 43.5 Å². The number of H-pyrrole nitrogens is 1. The predicted octanol–water partition coefficient (Wildman–Crippen LogP) is 0.154. The van der Waals surface area contributed by atoms with Crippen molar-refractivity contribution in [2.75, 3.05) is 19.7 Å². The van der Waals surface area contributed by atoms with Gasteiger partial charge in [-0.3, -0.25) is 4.79 Å². The van der Waals surface area contributed by atoms with Gasteiger partial charge in [-0.1, -0.05) is 11.3 Å². The van der Waals surface area contributed by atoms with Crippen LogP contribution in [0.15, 0.2) is 9.00 Å². The van der Waals surface area contributed by atoms with E-state index in [0.717, 1.165) is 11.3 Å². The molecule has 0 bridgehead atoms. The van der Waals surface area contributed by atoms with E-state index in [1.807, 2.05) is 6.92 Å². The fraction of sp³-hybridized carbons (Fsp3) is 0.667. The molecule has 1 aromatic rings. The number of hydrogen-bond donors (Lipinski definition) is 1. The van der Waals surface area contributed by atoms with E-state index in [4.69, 9.17) is 4.74 Å². The van der Waals surface area contributed by atoms with Crippen LogP contribution in [0.5, 0.6) is 0 Å². The summed E-state index contributed by atoms with van der Waals surface area (Å²) in [5.41, 5.74) is 0.402. The van der Waals surface area contributed by atoms with Crippen molar-refractivity contribution in [3.05, 3.63) is 15.4 Å². The number of rotatable bonds is 2. The average Bonchev–Trinajstić information content (AvgIpc) is 2.58. The summed E-state index contributed by atoms with van der Waals surface area (Å²) in [6, 6.07) is 0. The first kappa shape index (κ1) is 12.7. The zero-order chi connectivity index (χ0) is 12.6. The number of aromatic nitrogens is 1. The molecule has 6 nitrogen and oxygen atoms in total. The van der Waals surface area contributed by atoms with Gasteiger partial charge in [0.1, 0.15) is 0 Å². The van der Waals surface area contributed by atoms with E-state index in [1.54, 1.807) is 6.92 Å². The highest BCUT2D eigenvalue weighted by Crippen LogP contribution is 2.22. The minimum atomic E-state index is -3.56. The van der Waals surface area contributed by atoms with Gasteiger partial charge in [0.05, 0.1) is 12.7 Å². The van der Waals surface area contributed by atoms with Gasteiger partial charge in [-0.05, 0) is 13.8 Å². The van der Waals surface area contributed by atoms with Crippen LogP contribution in [0.25, 0.3) is 0 Å². The number of thiazole rings is 1. The van der Waals surface area contributed by atoms with E-state index in [9.17, 15) is 13.2 Å². The smallest absolute Gasteiger partial charge is 0.305 e. The molecule has 1 saturated heterocycles. The van der Waals surface area contributed by atoms with E-state index in [-0.39, 0.29) is 15.2 Å². The highest BCUT2D eigenvalue weighted by Gasteiger charge is 2.31. The zero-order valence-electron chi connectivity index (χ0n) is 9.60. The summed E-state index contributed by atoms with van der Waals surface area (Å²) < 4.78 is 31.4. The Labute approximate surface area is 103 Å². The zero-order valence-corrected chi connectivity index (χ0v) is 11.2. The lowest BCUT2D eigenvalue weighted by molar-refractivity contribution is 0.0102. The molecule has 1 fully saturated rings. The summed E-state index contributed by atoms with van der Waals surface area (Å²) in [5.74, 6) is 0. The van der Waals surface area contributed by atoms with Crippen molar-refractivity contribution < 1.29 is 13.2 Å². The summed E-state index contributed by atoms with van der Waals surface area (Å²) >= 11 is 0.735. The Hall–Kier alpha value is -0.700. The molecule has 0 aromatic carbocycles. The number of nitrogens with one attached hydrogen (secondary N) is 1. The highest BCUT2D eigenvalue weighted by molar-refractivity contribution is 7.91. The molecule has 1 unspecified atom stereocenters. The molecule has 0 amide bonds. The topological polar surface area (TPSA) is 79.5 Å². The number of sulfonamides is 1. The second kappa shape index (κ2) is 4.52. The van der Waals surface area contributed by atoms with Crippen LogP contribution in [0.4, 0.5) is 0 Å². The highest BCUT2D eigenvalue weighted by atomic mass is 32.2. The molecule has 0 spiro atoms. The van der Waals surface area contributed by atoms with Gasteiger partial charge in [-0.2, -0.15) is 4.31 Å². The van der Waals surface area contributed by atoms with E-state index in [2.05, 4.69) is 4.98 Å². The molecule has 1 atom stereocenters. The van der Waals surface area contributed by atoms with Crippen molar-refractivity contribution in [3.8, 4) is 0 Å². The molecule has 0 saturated carbocycles. The molecule has 8 heteroatoms. The molecular weight excluding hydrogens is 264 g/mol. The van der Waals surface area contributed by atoms with Gasteiger partial charge < -0.3 is 9.72 Å². The third kappa shape index (κ3) is 2.44. The number of ether oxygens (including phenoxy) is 1. The normalized spacial score (nSPS) is 22.8. The van der Waals surface area contributed by atoms with E-state index in [0.29, 0.717) is 25.4 Å². The quantitative estimate of drug-likeness (QED) is 0.835. The van der Waals surface area contributed by atoms with Gasteiger partial charge >= 0.3 is 4.87 Å². The van der Waals surface area contributed by atoms with Gasteiger partial charge in [-0.25, -0.2) is 8.42 Å². The number of aryl methyl sites for hydroxylation is 1. The number of morpholine rings is 1. The lowest BCUT2D eigenvalue weighted by atomic mass is 10.3. The lowest BCUT2D eigenvalue weighted by Gasteiger charge is -2.29. The first-order chi connectivity index (χ1) is 7.91. The number of hydrogen-bond acceptors (Lipinski definition) is 5. The van der Waals surface area contributed by atoms with Crippen LogP contribution in [0, 0.1) is 6.92 Å². The average molecular weight is 278 g/mol. The Morgan fingerprint density at radius 1 is 1.53 bits per heavy atom. The van der Waals surface area contributed by atoms with Crippen molar-refractivity contribution >= 4 is 21.4 Å². The second-order valence-corrected chi connectivity index (χ2v) is 7.09. The third-order valence-electron chi connectivity index (χ3n) is 2.56. The minimum Gasteiger partial charge on any atom is -0.376 e. The molecule has 1 aliphatic rings. The fourth-order valence-corrected chi connectivity index (χ4v) is 4.69. The summed E-state index contributed by atoms with van der Waals surface area (Å²) in [6.07, 6.45) is -0.116. The molecule has 1 aliphatic heterocycles. The van der Waals surface area contributed by atoms with Crippen LogP contribution >= 0.6 is 11.3 Å². The molecule has 0 radical (unpaired) electrons. The van der Waals surface area contributed by atoms with Crippen molar-refractivity contribution in [1.82, 2.24) is 9.29 Å². The summed E-state index contributed by atoms with van der Waals surface area (Å²) in [6.45, 7) is 4.47. The molecule has 0 aliphatic carbocycles. The van der Waals surface area contributed by atoms with Gasteiger partial charge in [-0.15, -0.1) is 0 Å². The summed E-state index contributed by atoms with van der Waals surface area (Å²) in [7, 11) is -3.56. The number of nitrogens with zero attached hydrogens (tertiary/aromatic N) is 1. The van der Waals surface area contributed by atoms with E-state index >= 15 is 0 Å². The van der Waals surface area contributed by atoms with Crippen LogP contribution in [0.3, 0.4) is 0 Å². The molecule has 17 heavy (non-hydrogen) atoms. The van der Waals surface area contributed by atoms with Crippen molar-refractivity contribution in [1.29, 1.82) is 0 Å². The van der Waals surface area contributed by atoms with Crippen LogP contribution in [0.1, 0.15) is 12.6 Å². The minimum absolute atomic E-state index is 0.108. The number of aromatic amines is 1. The Balaban J connectivity index is 2.36. The molecular formula is C9H14N2O4S2. The molecule has 2 heterocycles. The fourth-order valence-electron chi connectivity index (χ4n) is 1.76. The standard InChI is InChI=1S/C9H14N2O4S2/c1-6-5-11(3-4-15-6)17(13,14)8-7(2)10-9(12)16-8/h6H,3-5H2,1-2H3,(H,10,12). The second-order valence-electron chi connectivity index (χ2n) is 3.97. The predicted molar refractivity (Wildman–Crippen MR) is 63.8 cm³/mol. The van der Waals surface area contributed by atoms with Crippen LogP contribution in [-0.2, 0) is 14.8 Å². The van der Waals surface area contributed by atoms with Crippen LogP contribution in [0.2, 0.25) is 0 Å². The Morgan fingerprint density at radius 2 is 2.24 bits per heavy atom. The van der Waals surface area contributed by atoms with Crippen molar-refractivity contribution in [3.63, 3.8) is 0 Å². The van der Waals surface area contributed by atoms with Gasteiger partial charge in [0.15, 0.2) is 4.21 Å². The molecule has 2 rings (SSSR count). The molecule has 96 valence electrons. The van der Waals surface area contributed by atoms with Gasteiger partial charge in [0.25, 0.3) is 10.0 Å². The maximum absolute atomic E-state index is 12.3. The van der Waals surface area contributed by atoms with E-state index < -0.39 is 10.0 Å². The maximum atomic E-state index is 12.3.